The summed E-state index contributed by atoms with van der Waals surface area (Å²) in [5, 5.41) is 8.03. The number of unbranched alkanes of at least 4 members (excludes halogenated alkanes) is 1. The fraction of sp³-hybridized carbons (Fsp3) is 0.278. The number of sulfonamides is 1. The molecule has 140 valence electrons. The Kier molecular flexibility index (Phi) is 7.52. The standard InChI is InChI=1S/C18H21ClN2O3S2/c1-2-3-9-21-18(22)14-10-17(26(20,23)24)15(19)11-16(14)25-12-13-7-5-4-6-8-13/h4-8,10-11H,2-3,9,12H2,1H3,(H,21,22)(H2,20,23,24). The largest absolute Gasteiger partial charge is 0.352 e. The second-order valence-corrected chi connectivity index (χ2v) is 8.66. The molecule has 1 amide bonds. The van der Waals surface area contributed by atoms with Crippen molar-refractivity contribution in [2.24, 2.45) is 5.14 Å². The molecular weight excluding hydrogens is 392 g/mol. The third-order valence-electron chi connectivity index (χ3n) is 3.64. The number of rotatable bonds is 8. The summed E-state index contributed by atoms with van der Waals surface area (Å²) >= 11 is 7.52. The van der Waals surface area contributed by atoms with Crippen molar-refractivity contribution < 1.29 is 13.2 Å². The predicted molar refractivity (Wildman–Crippen MR) is 106 cm³/mol. The van der Waals surface area contributed by atoms with Crippen molar-refractivity contribution in [1.82, 2.24) is 5.32 Å². The molecule has 0 aliphatic rings. The number of hydrogen-bond donors (Lipinski definition) is 2. The molecule has 0 aliphatic carbocycles. The summed E-state index contributed by atoms with van der Waals surface area (Å²) in [4.78, 5) is 12.9. The first-order valence-electron chi connectivity index (χ1n) is 8.14. The van der Waals surface area contributed by atoms with Gasteiger partial charge < -0.3 is 5.32 Å². The molecule has 0 fully saturated rings. The Morgan fingerprint density at radius 2 is 1.92 bits per heavy atom. The van der Waals surface area contributed by atoms with Crippen molar-refractivity contribution in [2.45, 2.75) is 35.3 Å². The highest BCUT2D eigenvalue weighted by Gasteiger charge is 2.20. The molecule has 5 nitrogen and oxygen atoms in total. The van der Waals surface area contributed by atoms with Crippen molar-refractivity contribution in [3.63, 3.8) is 0 Å². The zero-order valence-corrected chi connectivity index (χ0v) is 16.8. The van der Waals surface area contributed by atoms with Crippen LogP contribution in [0.5, 0.6) is 0 Å². The Labute approximate surface area is 163 Å². The van der Waals surface area contributed by atoms with Crippen LogP contribution in [0.15, 0.2) is 52.3 Å². The lowest BCUT2D eigenvalue weighted by atomic mass is 10.2. The van der Waals surface area contributed by atoms with E-state index in [-0.39, 0.29) is 21.4 Å². The second kappa shape index (κ2) is 9.41. The first-order valence-corrected chi connectivity index (χ1v) is 11.0. The third-order valence-corrected chi connectivity index (χ3v) is 6.14. The van der Waals surface area contributed by atoms with Crippen LogP contribution in [0.4, 0.5) is 0 Å². The summed E-state index contributed by atoms with van der Waals surface area (Å²) in [7, 11) is -4.02. The molecular formula is C18H21ClN2O3S2. The average molecular weight is 413 g/mol. The lowest BCUT2D eigenvalue weighted by Crippen LogP contribution is -2.25. The van der Waals surface area contributed by atoms with E-state index in [9.17, 15) is 13.2 Å². The van der Waals surface area contributed by atoms with Crippen LogP contribution < -0.4 is 10.5 Å². The molecule has 0 saturated heterocycles. The van der Waals surface area contributed by atoms with Crippen LogP contribution >= 0.6 is 23.4 Å². The van der Waals surface area contributed by atoms with Gasteiger partial charge >= 0.3 is 0 Å². The van der Waals surface area contributed by atoms with Gasteiger partial charge in [0.15, 0.2) is 0 Å². The number of nitrogens with one attached hydrogen (secondary N) is 1. The van der Waals surface area contributed by atoms with Crippen molar-refractivity contribution in [3.05, 3.63) is 58.6 Å². The number of benzene rings is 2. The molecule has 0 atom stereocenters. The number of amides is 1. The van der Waals surface area contributed by atoms with Crippen LogP contribution in [-0.2, 0) is 15.8 Å². The maximum Gasteiger partial charge on any atom is 0.252 e. The SMILES string of the molecule is CCCCNC(=O)c1cc(S(N)(=O)=O)c(Cl)cc1SCc1ccccc1. The van der Waals surface area contributed by atoms with Gasteiger partial charge in [0, 0.05) is 17.2 Å². The monoisotopic (exact) mass is 412 g/mol. The fourth-order valence-electron chi connectivity index (χ4n) is 2.26. The zero-order chi connectivity index (χ0) is 19.2. The van der Waals surface area contributed by atoms with E-state index >= 15 is 0 Å². The summed E-state index contributed by atoms with van der Waals surface area (Å²) in [6.45, 7) is 2.54. The summed E-state index contributed by atoms with van der Waals surface area (Å²) in [6.07, 6.45) is 1.78. The molecule has 8 heteroatoms. The number of primary sulfonamides is 1. The second-order valence-electron chi connectivity index (χ2n) is 5.71. The zero-order valence-electron chi connectivity index (χ0n) is 14.4. The topological polar surface area (TPSA) is 89.3 Å². The van der Waals surface area contributed by atoms with Gasteiger partial charge in [-0.25, -0.2) is 13.6 Å². The van der Waals surface area contributed by atoms with Gasteiger partial charge in [-0.3, -0.25) is 4.79 Å². The van der Waals surface area contributed by atoms with Crippen LogP contribution in [0.2, 0.25) is 5.02 Å². The van der Waals surface area contributed by atoms with E-state index in [2.05, 4.69) is 5.32 Å². The first kappa shape index (κ1) is 20.8. The molecule has 0 aliphatic heterocycles. The molecule has 0 heterocycles. The number of halogens is 1. The van der Waals surface area contributed by atoms with E-state index in [0.717, 1.165) is 18.4 Å². The Hall–Kier alpha value is -1.54. The van der Waals surface area contributed by atoms with Crippen LogP contribution in [0, 0.1) is 0 Å². The van der Waals surface area contributed by atoms with Crippen LogP contribution in [0.3, 0.4) is 0 Å². The Bertz CT molecular complexity index is 872. The van der Waals surface area contributed by atoms with E-state index in [1.165, 1.54) is 23.9 Å². The highest BCUT2D eigenvalue weighted by molar-refractivity contribution is 7.98. The van der Waals surface area contributed by atoms with Gasteiger partial charge in [-0.05, 0) is 24.1 Å². The minimum absolute atomic E-state index is 0.00756. The van der Waals surface area contributed by atoms with Crippen molar-refractivity contribution in [1.29, 1.82) is 0 Å². The summed E-state index contributed by atoms with van der Waals surface area (Å²) < 4.78 is 23.5. The minimum Gasteiger partial charge on any atom is -0.352 e. The van der Waals surface area contributed by atoms with Gasteiger partial charge in [-0.15, -0.1) is 11.8 Å². The molecule has 0 radical (unpaired) electrons. The normalized spacial score (nSPS) is 11.3. The van der Waals surface area contributed by atoms with Gasteiger partial charge in [-0.1, -0.05) is 55.3 Å². The van der Waals surface area contributed by atoms with Gasteiger partial charge in [0.25, 0.3) is 5.91 Å². The number of hydrogen-bond acceptors (Lipinski definition) is 4. The first-order chi connectivity index (χ1) is 12.3. The lowest BCUT2D eigenvalue weighted by molar-refractivity contribution is 0.0950. The maximum absolute atomic E-state index is 12.5. The third kappa shape index (κ3) is 5.74. The van der Waals surface area contributed by atoms with Gasteiger partial charge in [0.1, 0.15) is 4.90 Å². The number of carbonyl (C=O) groups excluding carboxylic acids is 1. The quantitative estimate of drug-likeness (QED) is 0.509. The smallest absolute Gasteiger partial charge is 0.252 e. The molecule has 0 bridgehead atoms. The number of nitrogens with two attached hydrogens (primary N) is 1. The molecule has 0 saturated carbocycles. The fourth-order valence-corrected chi connectivity index (χ4v) is 4.45. The highest BCUT2D eigenvalue weighted by Crippen LogP contribution is 2.33. The minimum atomic E-state index is -4.02. The molecule has 26 heavy (non-hydrogen) atoms. The van der Waals surface area contributed by atoms with Crippen molar-refractivity contribution in [2.75, 3.05) is 6.54 Å². The Balaban J connectivity index is 2.34. The lowest BCUT2D eigenvalue weighted by Gasteiger charge is -2.13. The van der Waals surface area contributed by atoms with Crippen LogP contribution in [-0.4, -0.2) is 20.9 Å². The molecule has 2 aromatic carbocycles. The number of carbonyl (C=O) groups is 1. The molecule has 0 unspecified atom stereocenters. The summed E-state index contributed by atoms with van der Waals surface area (Å²) in [5.41, 5.74) is 1.34. The van der Waals surface area contributed by atoms with Gasteiger partial charge in [-0.2, -0.15) is 0 Å². The van der Waals surface area contributed by atoms with Crippen molar-refractivity contribution >= 4 is 39.3 Å². The molecule has 0 spiro atoms. The molecule has 2 rings (SSSR count). The molecule has 2 aromatic rings. The molecule has 0 aromatic heterocycles. The predicted octanol–water partition coefficient (Wildman–Crippen LogP) is 3.81. The van der Waals surface area contributed by atoms with Crippen LogP contribution in [0.1, 0.15) is 35.7 Å². The van der Waals surface area contributed by atoms with E-state index in [0.29, 0.717) is 17.2 Å². The van der Waals surface area contributed by atoms with E-state index in [1.54, 1.807) is 0 Å². The van der Waals surface area contributed by atoms with Gasteiger partial charge in [0.05, 0.1) is 10.6 Å². The summed E-state index contributed by atoms with van der Waals surface area (Å²) in [5.74, 6) is 0.289. The van der Waals surface area contributed by atoms with Crippen LogP contribution in [0.25, 0.3) is 0 Å². The Morgan fingerprint density at radius 3 is 2.54 bits per heavy atom. The van der Waals surface area contributed by atoms with E-state index in [4.69, 9.17) is 16.7 Å². The highest BCUT2D eigenvalue weighted by atomic mass is 35.5. The van der Waals surface area contributed by atoms with Crippen molar-refractivity contribution in [3.8, 4) is 0 Å². The molecule has 3 N–H and O–H groups in total. The average Bonchev–Trinajstić information content (AvgIpc) is 2.60. The maximum atomic E-state index is 12.5. The van der Waals surface area contributed by atoms with E-state index < -0.39 is 10.0 Å². The summed E-state index contributed by atoms with van der Waals surface area (Å²) in [6, 6.07) is 12.5. The number of thioether (sulfide) groups is 1. The van der Waals surface area contributed by atoms with E-state index in [1.807, 2.05) is 37.3 Å². The van der Waals surface area contributed by atoms with Gasteiger partial charge in [0.2, 0.25) is 10.0 Å². The Morgan fingerprint density at radius 1 is 1.23 bits per heavy atom.